The maximum Gasteiger partial charge on any atom is 0.407 e. The van der Waals surface area contributed by atoms with Gasteiger partial charge in [-0.15, -0.1) is 11.3 Å². The molecule has 3 aliphatic heterocycles. The Labute approximate surface area is 256 Å². The summed E-state index contributed by atoms with van der Waals surface area (Å²) in [5.74, 6) is 0.235. The fourth-order valence-corrected chi connectivity index (χ4v) is 7.16. The van der Waals surface area contributed by atoms with Crippen LogP contribution in [0.3, 0.4) is 0 Å². The molecule has 0 spiro atoms. The van der Waals surface area contributed by atoms with E-state index < -0.39 is 30.4 Å². The first-order valence-corrected chi connectivity index (χ1v) is 15.8. The number of allylic oxidation sites excluding steroid dienone is 1. The average Bonchev–Trinajstić information content (AvgIpc) is 3.74. The second-order valence-corrected chi connectivity index (χ2v) is 12.6. The van der Waals surface area contributed by atoms with Gasteiger partial charge in [-0.1, -0.05) is 29.8 Å². The minimum Gasteiger partial charge on any atom is -0.446 e. The van der Waals surface area contributed by atoms with Crippen LogP contribution in [0.25, 0.3) is 0 Å². The summed E-state index contributed by atoms with van der Waals surface area (Å²) in [6.07, 6.45) is 3.00. The molecule has 4 aliphatic rings. The molecule has 1 aliphatic carbocycles. The van der Waals surface area contributed by atoms with Crippen LogP contribution < -0.4 is 5.32 Å². The molecule has 1 saturated carbocycles. The van der Waals surface area contributed by atoms with Gasteiger partial charge in [0.25, 0.3) is 0 Å². The molecule has 2 fully saturated rings. The molecule has 3 atom stereocenters. The highest BCUT2D eigenvalue weighted by atomic mass is 35.5. The molecule has 1 aromatic heterocycles. The van der Waals surface area contributed by atoms with E-state index in [0.29, 0.717) is 55.8 Å². The molecule has 2 aromatic rings. The summed E-state index contributed by atoms with van der Waals surface area (Å²) < 4.78 is 45.7. The first-order chi connectivity index (χ1) is 20.7. The quantitative estimate of drug-likeness (QED) is 0.334. The molecular weight excluding hydrogens is 601 g/mol. The summed E-state index contributed by atoms with van der Waals surface area (Å²) in [5, 5.41) is 15.0. The highest BCUT2D eigenvalue weighted by Crippen LogP contribution is 2.44. The number of hydrogen-bond donors (Lipinski definition) is 2. The first-order valence-electron chi connectivity index (χ1n) is 14.5. The number of carbonyl (C=O) groups is 1. The van der Waals surface area contributed by atoms with E-state index in [2.05, 4.69) is 10.2 Å². The molecule has 43 heavy (non-hydrogen) atoms. The number of aliphatic imine (C=N–C) groups is 2. The van der Waals surface area contributed by atoms with Crippen molar-refractivity contribution in [1.82, 2.24) is 10.2 Å². The third kappa shape index (κ3) is 6.68. The van der Waals surface area contributed by atoms with Crippen LogP contribution in [0, 0.1) is 5.82 Å². The molecule has 1 amide bonds. The zero-order valence-corrected chi connectivity index (χ0v) is 24.8. The summed E-state index contributed by atoms with van der Waals surface area (Å²) in [7, 11) is 0. The number of benzene rings is 1. The van der Waals surface area contributed by atoms with E-state index in [0.717, 1.165) is 16.1 Å². The number of thiophene rings is 1. The van der Waals surface area contributed by atoms with E-state index in [1.807, 2.05) is 29.7 Å². The van der Waals surface area contributed by atoms with Crippen LogP contribution >= 0.6 is 22.9 Å². The van der Waals surface area contributed by atoms with Crippen molar-refractivity contribution >= 4 is 40.6 Å². The monoisotopic (exact) mass is 632 g/mol. The third-order valence-corrected chi connectivity index (χ3v) is 9.43. The Balaban J connectivity index is 1.35. The summed E-state index contributed by atoms with van der Waals surface area (Å²) in [4.78, 5) is 25.9. The van der Waals surface area contributed by atoms with Crippen molar-refractivity contribution in [3.63, 3.8) is 0 Å². The van der Waals surface area contributed by atoms with Gasteiger partial charge in [-0.2, -0.15) is 0 Å². The summed E-state index contributed by atoms with van der Waals surface area (Å²) in [6.45, 7) is 0.434. The Morgan fingerprint density at radius 1 is 1.21 bits per heavy atom. The standard InChI is InChI=1S/C31H32ClF3N4O3S/c32-23-14-17(33)3-10-22(23)29-28(24-11-4-18(36-24)5-12-27(34)35)25-15-19(16-39(25)30(38-29)26-2-1-13-43-26)37-31(41)42-21-8-6-20(40)7-9-21/h1-4,10-11,13-14,18-21,27,29,40H,5-9,12,15-16H2,(H,37,41)/t18?,19-,20-,21-,29-/m0/s1. The molecule has 12 heteroatoms. The lowest BCUT2D eigenvalue weighted by Crippen LogP contribution is -2.41. The highest BCUT2D eigenvalue weighted by Gasteiger charge is 2.41. The number of rotatable bonds is 8. The van der Waals surface area contributed by atoms with E-state index in [4.69, 9.17) is 26.3 Å². The third-order valence-electron chi connectivity index (χ3n) is 8.24. The van der Waals surface area contributed by atoms with Gasteiger partial charge < -0.3 is 20.1 Å². The van der Waals surface area contributed by atoms with Gasteiger partial charge in [-0.25, -0.2) is 18.0 Å². The molecule has 6 rings (SSSR count). The van der Waals surface area contributed by atoms with Crippen molar-refractivity contribution in [3.8, 4) is 0 Å². The summed E-state index contributed by atoms with van der Waals surface area (Å²) in [6, 6.07) is 6.78. The number of halogens is 4. The van der Waals surface area contributed by atoms with Gasteiger partial charge >= 0.3 is 6.09 Å². The van der Waals surface area contributed by atoms with Crippen molar-refractivity contribution in [2.24, 2.45) is 9.98 Å². The number of nitrogens with zero attached hydrogens (tertiary/aromatic N) is 3. The number of alkyl carbamates (subject to hydrolysis) is 1. The summed E-state index contributed by atoms with van der Waals surface area (Å²) >= 11 is 8.12. The lowest BCUT2D eigenvalue weighted by Gasteiger charge is -2.33. The SMILES string of the molecule is O=C(N[C@H]1CC2=C(C3=NC(CCC(F)F)C=C3)[C@H](c3ccc(F)cc3Cl)N=C(c3cccs3)N2C1)O[C@H]1CC[C@H](O)CC1. The fraction of sp³-hybridized carbons (Fsp3) is 0.452. The van der Waals surface area contributed by atoms with E-state index in [1.165, 1.54) is 23.5 Å². The Bertz CT molecular complexity index is 1470. The van der Waals surface area contributed by atoms with Gasteiger partial charge in [0, 0.05) is 41.2 Å². The Morgan fingerprint density at radius 3 is 2.74 bits per heavy atom. The van der Waals surface area contributed by atoms with E-state index in [-0.39, 0.29) is 36.1 Å². The maximum absolute atomic E-state index is 14.1. The molecule has 1 aromatic carbocycles. The normalized spacial score (nSPS) is 26.9. The second kappa shape index (κ2) is 12.8. The number of ether oxygens (including phenoxy) is 1. The van der Waals surface area contributed by atoms with Crippen LogP contribution in [-0.2, 0) is 4.74 Å². The van der Waals surface area contributed by atoms with Crippen LogP contribution in [0.1, 0.15) is 61.4 Å². The molecule has 7 nitrogen and oxygen atoms in total. The highest BCUT2D eigenvalue weighted by molar-refractivity contribution is 7.12. The van der Waals surface area contributed by atoms with Gasteiger partial charge in [0.05, 0.1) is 28.8 Å². The number of amidine groups is 1. The second-order valence-electron chi connectivity index (χ2n) is 11.3. The smallest absolute Gasteiger partial charge is 0.407 e. The number of aliphatic hydroxyl groups excluding tert-OH is 1. The Morgan fingerprint density at radius 2 is 2.02 bits per heavy atom. The van der Waals surface area contributed by atoms with Crippen LogP contribution in [-0.4, -0.2) is 64.9 Å². The number of carbonyl (C=O) groups excluding carboxylic acids is 1. The van der Waals surface area contributed by atoms with E-state index in [9.17, 15) is 23.1 Å². The first kappa shape index (κ1) is 29.9. The van der Waals surface area contributed by atoms with Gasteiger partial charge in [0.15, 0.2) is 0 Å². The molecule has 1 saturated heterocycles. The van der Waals surface area contributed by atoms with Crippen LogP contribution in [0.4, 0.5) is 18.0 Å². The Kier molecular flexibility index (Phi) is 8.93. The van der Waals surface area contributed by atoms with Crippen molar-refractivity contribution < 1.29 is 27.8 Å². The van der Waals surface area contributed by atoms with Crippen molar-refractivity contribution in [2.75, 3.05) is 6.54 Å². The predicted molar refractivity (Wildman–Crippen MR) is 161 cm³/mol. The van der Waals surface area contributed by atoms with Gasteiger partial charge in [-0.05, 0) is 61.8 Å². The number of fused-ring (bicyclic) bond motifs is 1. The molecular formula is C31H32ClF3N4O3S. The lowest BCUT2D eigenvalue weighted by atomic mass is 9.91. The van der Waals surface area contributed by atoms with Gasteiger partial charge in [0.2, 0.25) is 6.43 Å². The average molecular weight is 633 g/mol. The number of amides is 1. The minimum atomic E-state index is -2.41. The van der Waals surface area contributed by atoms with E-state index >= 15 is 0 Å². The minimum absolute atomic E-state index is 0.212. The van der Waals surface area contributed by atoms with Crippen molar-refractivity contribution in [3.05, 3.63) is 80.4 Å². The lowest BCUT2D eigenvalue weighted by molar-refractivity contribution is 0.0331. The Hall–Kier alpha value is -3.15. The van der Waals surface area contributed by atoms with Crippen molar-refractivity contribution in [1.29, 1.82) is 0 Å². The zero-order chi connectivity index (χ0) is 30.1. The zero-order valence-electron chi connectivity index (χ0n) is 23.3. The number of nitrogens with one attached hydrogen (secondary N) is 1. The molecule has 0 radical (unpaired) electrons. The molecule has 0 bridgehead atoms. The van der Waals surface area contributed by atoms with Crippen LogP contribution in [0.15, 0.2) is 69.1 Å². The van der Waals surface area contributed by atoms with Crippen LogP contribution in [0.5, 0.6) is 0 Å². The number of hydrogen-bond acceptors (Lipinski definition) is 7. The number of alkyl halides is 2. The summed E-state index contributed by atoms with van der Waals surface area (Å²) in [5.41, 5.74) is 2.85. The fourth-order valence-electron chi connectivity index (χ4n) is 6.16. The predicted octanol–water partition coefficient (Wildman–Crippen LogP) is 6.82. The van der Waals surface area contributed by atoms with Crippen LogP contribution in [0.2, 0.25) is 5.02 Å². The number of aliphatic hydroxyl groups is 1. The van der Waals surface area contributed by atoms with Crippen molar-refractivity contribution in [2.45, 2.75) is 81.7 Å². The van der Waals surface area contributed by atoms with Gasteiger partial charge in [-0.3, -0.25) is 9.98 Å². The topological polar surface area (TPSA) is 86.5 Å². The van der Waals surface area contributed by atoms with E-state index in [1.54, 1.807) is 6.07 Å². The largest absolute Gasteiger partial charge is 0.446 e. The van der Waals surface area contributed by atoms with Gasteiger partial charge in [0.1, 0.15) is 23.8 Å². The molecule has 4 heterocycles. The maximum atomic E-state index is 14.1. The molecule has 2 N–H and O–H groups in total. The molecule has 228 valence electrons. The molecule has 1 unspecified atom stereocenters.